The molecule has 1 aromatic carbocycles. The molecule has 1 saturated carbocycles. The second kappa shape index (κ2) is 13.6. The number of unbranched alkanes of at least 4 members (excludes halogenated alkanes) is 8. The summed E-state index contributed by atoms with van der Waals surface area (Å²) in [6, 6.07) is 7.66. The lowest BCUT2D eigenvalue weighted by Gasteiger charge is -2.30. The van der Waals surface area contributed by atoms with E-state index >= 15 is 0 Å². The second-order valence-electron chi connectivity index (χ2n) is 10.8. The van der Waals surface area contributed by atoms with E-state index in [0.717, 1.165) is 17.8 Å². The summed E-state index contributed by atoms with van der Waals surface area (Å²) in [6.45, 7) is 4.63. The highest BCUT2D eigenvalue weighted by atomic mass is 14.3. The van der Waals surface area contributed by atoms with Crippen LogP contribution in [-0.2, 0) is 12.8 Å². The standard InChI is InChI=1S/C30H50/c1-3-5-7-9-10-12-14-26-17-20-30-24-29(22-21-28(30)23-26)27-18-15-25(16-19-27)13-11-8-6-4-2/h21-22,24-27H,3-20,23H2,1-2H3. The monoisotopic (exact) mass is 410 g/mol. The highest BCUT2D eigenvalue weighted by molar-refractivity contribution is 5.36. The molecule has 1 fully saturated rings. The summed E-state index contributed by atoms with van der Waals surface area (Å²) in [5, 5.41) is 0. The lowest BCUT2D eigenvalue weighted by Crippen LogP contribution is -2.16. The first kappa shape index (κ1) is 23.9. The summed E-state index contributed by atoms with van der Waals surface area (Å²) < 4.78 is 0. The van der Waals surface area contributed by atoms with Gasteiger partial charge in [0.25, 0.3) is 0 Å². The van der Waals surface area contributed by atoms with Gasteiger partial charge >= 0.3 is 0 Å². The predicted molar refractivity (Wildman–Crippen MR) is 133 cm³/mol. The highest BCUT2D eigenvalue weighted by Gasteiger charge is 2.24. The normalized spacial score (nSPS) is 24.0. The number of fused-ring (bicyclic) bond motifs is 1. The van der Waals surface area contributed by atoms with Gasteiger partial charge in [-0.05, 0) is 79.4 Å². The fourth-order valence-corrected chi connectivity index (χ4v) is 6.21. The van der Waals surface area contributed by atoms with Gasteiger partial charge in [0.1, 0.15) is 0 Å². The molecule has 1 atom stereocenters. The molecule has 1 aromatic rings. The number of hydrogen-bond donors (Lipinski definition) is 0. The molecule has 0 nitrogen and oxygen atoms in total. The quantitative estimate of drug-likeness (QED) is 0.284. The van der Waals surface area contributed by atoms with Crippen LogP contribution in [0.5, 0.6) is 0 Å². The summed E-state index contributed by atoms with van der Waals surface area (Å²) in [7, 11) is 0. The third-order valence-corrected chi connectivity index (χ3v) is 8.31. The molecule has 0 N–H and O–H groups in total. The van der Waals surface area contributed by atoms with E-state index in [-0.39, 0.29) is 0 Å². The minimum Gasteiger partial charge on any atom is -0.0654 e. The van der Waals surface area contributed by atoms with E-state index in [2.05, 4.69) is 32.0 Å². The zero-order valence-electron chi connectivity index (χ0n) is 20.4. The molecule has 2 aliphatic carbocycles. The maximum absolute atomic E-state index is 2.63. The minimum atomic E-state index is 0.850. The summed E-state index contributed by atoms with van der Waals surface area (Å²) in [6.07, 6.45) is 27.3. The third kappa shape index (κ3) is 7.72. The molecular weight excluding hydrogens is 360 g/mol. The second-order valence-corrected chi connectivity index (χ2v) is 10.8. The van der Waals surface area contributed by atoms with Crippen molar-refractivity contribution in [2.45, 2.75) is 142 Å². The average Bonchev–Trinajstić information content (AvgIpc) is 2.79. The maximum atomic E-state index is 2.63. The molecule has 0 heterocycles. The number of hydrogen-bond acceptors (Lipinski definition) is 0. The van der Waals surface area contributed by atoms with Crippen LogP contribution in [-0.4, -0.2) is 0 Å². The Bertz CT molecular complexity index is 578. The Hall–Kier alpha value is -0.780. The van der Waals surface area contributed by atoms with Gasteiger partial charge in [-0.25, -0.2) is 0 Å². The van der Waals surface area contributed by atoms with E-state index in [0.29, 0.717) is 0 Å². The molecule has 2 aliphatic rings. The topological polar surface area (TPSA) is 0 Å². The van der Waals surface area contributed by atoms with Crippen LogP contribution >= 0.6 is 0 Å². The van der Waals surface area contributed by atoms with Crippen molar-refractivity contribution in [2.75, 3.05) is 0 Å². The number of benzene rings is 1. The van der Waals surface area contributed by atoms with Crippen molar-refractivity contribution < 1.29 is 0 Å². The van der Waals surface area contributed by atoms with Crippen molar-refractivity contribution in [1.29, 1.82) is 0 Å². The van der Waals surface area contributed by atoms with Crippen LogP contribution in [0.25, 0.3) is 0 Å². The summed E-state index contributed by atoms with van der Waals surface area (Å²) in [5.41, 5.74) is 5.06. The molecule has 0 spiro atoms. The first-order valence-corrected chi connectivity index (χ1v) is 13.9. The van der Waals surface area contributed by atoms with Crippen LogP contribution in [0.15, 0.2) is 18.2 Å². The van der Waals surface area contributed by atoms with Gasteiger partial charge in [0.05, 0.1) is 0 Å². The molecule has 0 bridgehead atoms. The van der Waals surface area contributed by atoms with Crippen LogP contribution < -0.4 is 0 Å². The van der Waals surface area contributed by atoms with Gasteiger partial charge in [0.15, 0.2) is 0 Å². The van der Waals surface area contributed by atoms with E-state index in [9.17, 15) is 0 Å². The summed E-state index contributed by atoms with van der Waals surface area (Å²) >= 11 is 0. The molecule has 30 heavy (non-hydrogen) atoms. The van der Waals surface area contributed by atoms with Crippen LogP contribution in [0.1, 0.15) is 146 Å². The van der Waals surface area contributed by atoms with Gasteiger partial charge in [0, 0.05) is 0 Å². The minimum absolute atomic E-state index is 0.850. The van der Waals surface area contributed by atoms with E-state index < -0.39 is 0 Å². The van der Waals surface area contributed by atoms with Crippen LogP contribution in [0.2, 0.25) is 0 Å². The molecular formula is C30H50. The Morgan fingerprint density at radius 1 is 0.633 bits per heavy atom. The van der Waals surface area contributed by atoms with Crippen molar-refractivity contribution in [3.8, 4) is 0 Å². The molecule has 0 aliphatic heterocycles. The number of rotatable bonds is 13. The van der Waals surface area contributed by atoms with Crippen molar-refractivity contribution in [2.24, 2.45) is 11.8 Å². The zero-order chi connectivity index (χ0) is 21.0. The maximum Gasteiger partial charge on any atom is -0.0162 e. The zero-order valence-corrected chi connectivity index (χ0v) is 20.4. The molecule has 0 radical (unpaired) electrons. The van der Waals surface area contributed by atoms with Gasteiger partial charge in [-0.2, -0.15) is 0 Å². The van der Waals surface area contributed by atoms with E-state index in [1.54, 1.807) is 16.7 Å². The molecule has 0 heteroatoms. The molecule has 170 valence electrons. The molecule has 3 rings (SSSR count). The Morgan fingerprint density at radius 2 is 1.27 bits per heavy atom. The Kier molecular flexibility index (Phi) is 10.8. The molecule has 0 amide bonds. The van der Waals surface area contributed by atoms with E-state index in [1.807, 2.05) is 0 Å². The number of aryl methyl sites for hydroxylation is 1. The average molecular weight is 411 g/mol. The molecule has 0 aromatic heterocycles. The molecule has 1 unspecified atom stereocenters. The predicted octanol–water partition coefficient (Wildman–Crippen LogP) is 9.79. The first-order chi connectivity index (χ1) is 14.8. The van der Waals surface area contributed by atoms with E-state index in [4.69, 9.17) is 0 Å². The Morgan fingerprint density at radius 3 is 2.00 bits per heavy atom. The Labute approximate surface area is 188 Å². The van der Waals surface area contributed by atoms with Crippen molar-refractivity contribution >= 4 is 0 Å². The third-order valence-electron chi connectivity index (χ3n) is 8.31. The van der Waals surface area contributed by atoms with Crippen LogP contribution in [0.4, 0.5) is 0 Å². The van der Waals surface area contributed by atoms with Crippen molar-refractivity contribution in [1.82, 2.24) is 0 Å². The largest absolute Gasteiger partial charge is 0.0654 e. The lowest BCUT2D eigenvalue weighted by atomic mass is 9.75. The SMILES string of the molecule is CCCCCCCCC1CCc2cc(C3CCC(CCCCCC)CC3)ccc2C1. The van der Waals surface area contributed by atoms with Gasteiger partial charge in [-0.15, -0.1) is 0 Å². The highest BCUT2D eigenvalue weighted by Crippen LogP contribution is 2.39. The fraction of sp³-hybridized carbons (Fsp3) is 0.800. The molecule has 0 saturated heterocycles. The summed E-state index contributed by atoms with van der Waals surface area (Å²) in [4.78, 5) is 0. The fourth-order valence-electron chi connectivity index (χ4n) is 6.21. The van der Waals surface area contributed by atoms with Crippen molar-refractivity contribution in [3.63, 3.8) is 0 Å². The summed E-state index contributed by atoms with van der Waals surface area (Å²) in [5.74, 6) is 2.83. The van der Waals surface area contributed by atoms with E-state index in [1.165, 1.54) is 122 Å². The van der Waals surface area contributed by atoms with Gasteiger partial charge in [0.2, 0.25) is 0 Å². The van der Waals surface area contributed by atoms with Gasteiger partial charge in [-0.3, -0.25) is 0 Å². The first-order valence-electron chi connectivity index (χ1n) is 13.9. The lowest BCUT2D eigenvalue weighted by molar-refractivity contribution is 0.302. The van der Waals surface area contributed by atoms with Crippen molar-refractivity contribution in [3.05, 3.63) is 34.9 Å². The van der Waals surface area contributed by atoms with Crippen LogP contribution in [0.3, 0.4) is 0 Å². The smallest absolute Gasteiger partial charge is 0.0162 e. The van der Waals surface area contributed by atoms with Gasteiger partial charge < -0.3 is 0 Å². The van der Waals surface area contributed by atoms with Crippen LogP contribution in [0, 0.1) is 11.8 Å². The Balaban J connectivity index is 1.39. The van der Waals surface area contributed by atoms with Gasteiger partial charge in [-0.1, -0.05) is 109 Å².